The smallest absolute Gasteiger partial charge is 0.119 e. The average molecular weight is 227 g/mol. The molecule has 0 atom stereocenters. The van der Waals surface area contributed by atoms with Crippen molar-refractivity contribution in [3.8, 4) is 16.9 Å². The minimum Gasteiger partial charge on any atom is -0.494 e. The Bertz CT molecular complexity index is 520. The standard InChI is InChI=1S/C15H17NO/c1-3-17-13-6-4-5-12(10-13)14-8-7-11(2)9-15(14)16/h4-10H,3,16H2,1-2H3. The zero-order chi connectivity index (χ0) is 12.3. The van der Waals surface area contributed by atoms with Gasteiger partial charge in [-0.3, -0.25) is 0 Å². The first-order valence-corrected chi connectivity index (χ1v) is 5.80. The summed E-state index contributed by atoms with van der Waals surface area (Å²) in [5.74, 6) is 0.880. The number of benzene rings is 2. The maximum Gasteiger partial charge on any atom is 0.119 e. The van der Waals surface area contributed by atoms with E-state index >= 15 is 0 Å². The minimum absolute atomic E-state index is 0.673. The van der Waals surface area contributed by atoms with E-state index in [0.717, 1.165) is 22.6 Å². The van der Waals surface area contributed by atoms with Crippen LogP contribution >= 0.6 is 0 Å². The van der Waals surface area contributed by atoms with Crippen LogP contribution in [-0.2, 0) is 0 Å². The lowest BCUT2D eigenvalue weighted by Gasteiger charge is -2.09. The van der Waals surface area contributed by atoms with Gasteiger partial charge in [0.25, 0.3) is 0 Å². The van der Waals surface area contributed by atoms with E-state index in [9.17, 15) is 0 Å². The molecule has 0 aliphatic heterocycles. The van der Waals surface area contributed by atoms with Crippen molar-refractivity contribution in [1.29, 1.82) is 0 Å². The number of hydrogen-bond acceptors (Lipinski definition) is 2. The number of rotatable bonds is 3. The SMILES string of the molecule is CCOc1cccc(-c2ccc(C)cc2N)c1. The van der Waals surface area contributed by atoms with Crippen LogP contribution in [0, 0.1) is 6.92 Å². The van der Waals surface area contributed by atoms with Crippen LogP contribution in [0.25, 0.3) is 11.1 Å². The molecular weight excluding hydrogens is 210 g/mol. The Morgan fingerprint density at radius 2 is 1.94 bits per heavy atom. The summed E-state index contributed by atoms with van der Waals surface area (Å²) in [7, 11) is 0. The highest BCUT2D eigenvalue weighted by molar-refractivity contribution is 5.77. The maximum atomic E-state index is 6.04. The highest BCUT2D eigenvalue weighted by Crippen LogP contribution is 2.29. The summed E-state index contributed by atoms with van der Waals surface area (Å²) in [5, 5.41) is 0. The van der Waals surface area contributed by atoms with Crippen LogP contribution in [0.2, 0.25) is 0 Å². The molecule has 0 spiro atoms. The molecule has 2 aromatic carbocycles. The Labute approximate surface area is 102 Å². The molecule has 17 heavy (non-hydrogen) atoms. The molecule has 0 saturated heterocycles. The summed E-state index contributed by atoms with van der Waals surface area (Å²) in [6.45, 7) is 4.69. The molecule has 0 saturated carbocycles. The molecule has 2 nitrogen and oxygen atoms in total. The zero-order valence-corrected chi connectivity index (χ0v) is 10.2. The lowest BCUT2D eigenvalue weighted by Crippen LogP contribution is -1.93. The first kappa shape index (κ1) is 11.5. The molecule has 2 N–H and O–H groups in total. The van der Waals surface area contributed by atoms with E-state index < -0.39 is 0 Å². The lowest BCUT2D eigenvalue weighted by molar-refractivity contribution is 0.340. The fourth-order valence-electron chi connectivity index (χ4n) is 1.87. The fraction of sp³-hybridized carbons (Fsp3) is 0.200. The third-order valence-corrected chi connectivity index (χ3v) is 2.66. The summed E-state index contributed by atoms with van der Waals surface area (Å²) in [5.41, 5.74) is 10.2. The van der Waals surface area contributed by atoms with E-state index in [1.807, 2.05) is 44.2 Å². The third kappa shape index (κ3) is 2.59. The first-order chi connectivity index (χ1) is 8.20. The fourth-order valence-corrected chi connectivity index (χ4v) is 1.87. The molecule has 0 aromatic heterocycles. The Balaban J connectivity index is 2.42. The molecular formula is C15H17NO. The Hall–Kier alpha value is -1.96. The van der Waals surface area contributed by atoms with Gasteiger partial charge < -0.3 is 10.5 Å². The molecule has 0 aliphatic rings. The van der Waals surface area contributed by atoms with Crippen molar-refractivity contribution >= 4 is 5.69 Å². The van der Waals surface area contributed by atoms with Gasteiger partial charge in [-0.25, -0.2) is 0 Å². The quantitative estimate of drug-likeness (QED) is 0.812. The second-order valence-corrected chi connectivity index (χ2v) is 4.05. The number of ether oxygens (including phenoxy) is 1. The molecule has 0 heterocycles. The summed E-state index contributed by atoms with van der Waals surface area (Å²) < 4.78 is 5.49. The van der Waals surface area contributed by atoms with Gasteiger partial charge in [0.15, 0.2) is 0 Å². The lowest BCUT2D eigenvalue weighted by atomic mass is 10.0. The van der Waals surface area contributed by atoms with Gasteiger partial charge in [-0.15, -0.1) is 0 Å². The monoisotopic (exact) mass is 227 g/mol. The molecule has 2 aromatic rings. The Kier molecular flexibility index (Phi) is 3.33. The van der Waals surface area contributed by atoms with Crippen LogP contribution < -0.4 is 10.5 Å². The van der Waals surface area contributed by atoms with Gasteiger partial charge >= 0.3 is 0 Å². The van der Waals surface area contributed by atoms with Gasteiger partial charge in [0, 0.05) is 11.3 Å². The van der Waals surface area contributed by atoms with Crippen LogP contribution in [0.3, 0.4) is 0 Å². The van der Waals surface area contributed by atoms with Crippen LogP contribution in [0.1, 0.15) is 12.5 Å². The molecule has 0 aliphatic carbocycles. The van der Waals surface area contributed by atoms with Crippen molar-refractivity contribution in [2.24, 2.45) is 0 Å². The number of aryl methyl sites for hydroxylation is 1. The van der Waals surface area contributed by atoms with Gasteiger partial charge in [-0.2, -0.15) is 0 Å². The predicted molar refractivity (Wildman–Crippen MR) is 72.2 cm³/mol. The first-order valence-electron chi connectivity index (χ1n) is 5.80. The van der Waals surface area contributed by atoms with Crippen LogP contribution in [0.15, 0.2) is 42.5 Å². The van der Waals surface area contributed by atoms with Crippen molar-refractivity contribution in [2.45, 2.75) is 13.8 Å². The van der Waals surface area contributed by atoms with E-state index in [4.69, 9.17) is 10.5 Å². The normalized spacial score (nSPS) is 10.2. The van der Waals surface area contributed by atoms with Crippen molar-refractivity contribution in [3.63, 3.8) is 0 Å². The number of nitrogen functional groups attached to an aromatic ring is 1. The average Bonchev–Trinajstić information content (AvgIpc) is 2.29. The summed E-state index contributed by atoms with van der Waals surface area (Å²) in [4.78, 5) is 0. The van der Waals surface area contributed by atoms with Gasteiger partial charge in [0.1, 0.15) is 5.75 Å². The van der Waals surface area contributed by atoms with E-state index in [2.05, 4.69) is 12.1 Å². The van der Waals surface area contributed by atoms with E-state index in [1.165, 1.54) is 5.56 Å². The molecule has 0 bridgehead atoms. The van der Waals surface area contributed by atoms with E-state index in [1.54, 1.807) is 0 Å². The molecule has 0 radical (unpaired) electrons. The third-order valence-electron chi connectivity index (χ3n) is 2.66. The van der Waals surface area contributed by atoms with Crippen molar-refractivity contribution in [2.75, 3.05) is 12.3 Å². The number of nitrogens with two attached hydrogens (primary N) is 1. The highest BCUT2D eigenvalue weighted by atomic mass is 16.5. The molecule has 2 rings (SSSR count). The topological polar surface area (TPSA) is 35.2 Å². The molecule has 0 unspecified atom stereocenters. The number of hydrogen-bond donors (Lipinski definition) is 1. The largest absolute Gasteiger partial charge is 0.494 e. The Morgan fingerprint density at radius 1 is 1.12 bits per heavy atom. The van der Waals surface area contributed by atoms with Crippen molar-refractivity contribution in [1.82, 2.24) is 0 Å². The van der Waals surface area contributed by atoms with Gasteiger partial charge in [0.2, 0.25) is 0 Å². The Morgan fingerprint density at radius 3 is 2.65 bits per heavy atom. The van der Waals surface area contributed by atoms with Crippen molar-refractivity contribution in [3.05, 3.63) is 48.0 Å². The minimum atomic E-state index is 0.673. The predicted octanol–water partition coefficient (Wildman–Crippen LogP) is 3.64. The van der Waals surface area contributed by atoms with Gasteiger partial charge in [0.05, 0.1) is 6.61 Å². The number of anilines is 1. The second kappa shape index (κ2) is 4.91. The highest BCUT2D eigenvalue weighted by Gasteiger charge is 2.03. The van der Waals surface area contributed by atoms with E-state index in [-0.39, 0.29) is 0 Å². The van der Waals surface area contributed by atoms with Gasteiger partial charge in [-0.05, 0) is 43.2 Å². The molecule has 0 fully saturated rings. The summed E-state index contributed by atoms with van der Waals surface area (Å²) in [6.07, 6.45) is 0. The summed E-state index contributed by atoms with van der Waals surface area (Å²) >= 11 is 0. The van der Waals surface area contributed by atoms with Crippen molar-refractivity contribution < 1.29 is 4.74 Å². The summed E-state index contributed by atoms with van der Waals surface area (Å²) in [6, 6.07) is 14.1. The maximum absolute atomic E-state index is 6.04. The van der Waals surface area contributed by atoms with Crippen LogP contribution in [0.5, 0.6) is 5.75 Å². The molecule has 88 valence electrons. The van der Waals surface area contributed by atoms with Crippen LogP contribution in [-0.4, -0.2) is 6.61 Å². The zero-order valence-electron chi connectivity index (χ0n) is 10.2. The van der Waals surface area contributed by atoms with Crippen LogP contribution in [0.4, 0.5) is 5.69 Å². The van der Waals surface area contributed by atoms with Gasteiger partial charge in [-0.1, -0.05) is 24.3 Å². The molecule has 0 amide bonds. The second-order valence-electron chi connectivity index (χ2n) is 4.05. The van der Waals surface area contributed by atoms with E-state index in [0.29, 0.717) is 6.61 Å². The molecule has 2 heteroatoms.